The summed E-state index contributed by atoms with van der Waals surface area (Å²) in [5.41, 5.74) is 2.56. The van der Waals surface area contributed by atoms with Crippen molar-refractivity contribution in [3.63, 3.8) is 0 Å². The highest BCUT2D eigenvalue weighted by atomic mass is 35.5. The summed E-state index contributed by atoms with van der Waals surface area (Å²) in [5, 5.41) is 8.79. The van der Waals surface area contributed by atoms with Crippen molar-refractivity contribution in [1.82, 2.24) is 14.5 Å². The lowest BCUT2D eigenvalue weighted by molar-refractivity contribution is 0.102. The number of carbonyl (C=O) groups excluding carboxylic acids is 1. The minimum Gasteiger partial charge on any atom is -0.360 e. The highest BCUT2D eigenvalue weighted by molar-refractivity contribution is 7.15. The number of thiazole rings is 1. The van der Waals surface area contributed by atoms with E-state index in [4.69, 9.17) is 16.1 Å². The molecule has 154 valence electrons. The highest BCUT2D eigenvalue weighted by Gasteiger charge is 2.25. The van der Waals surface area contributed by atoms with Gasteiger partial charge in [-0.25, -0.2) is 9.37 Å². The predicted molar refractivity (Wildman–Crippen MR) is 118 cm³/mol. The van der Waals surface area contributed by atoms with E-state index in [2.05, 4.69) is 15.5 Å². The summed E-state index contributed by atoms with van der Waals surface area (Å²) in [6.07, 6.45) is 3.90. The van der Waals surface area contributed by atoms with Gasteiger partial charge in [0, 0.05) is 29.0 Å². The Bertz CT molecular complexity index is 1370. The SMILES string of the molecule is Cc1onc(-c2c(F)cccc2Cl)c1C(=O)Nc1ccc(-c2cn3ccsc3n2)cc1. The third-order valence-electron chi connectivity index (χ3n) is 4.82. The first-order chi connectivity index (χ1) is 15.0. The molecule has 3 heterocycles. The van der Waals surface area contributed by atoms with Gasteiger partial charge in [0.25, 0.3) is 5.91 Å². The Morgan fingerprint density at radius 3 is 2.77 bits per heavy atom. The Morgan fingerprint density at radius 1 is 1.23 bits per heavy atom. The molecular weight excluding hydrogens is 439 g/mol. The van der Waals surface area contributed by atoms with Gasteiger partial charge in [-0.3, -0.25) is 9.20 Å². The maximum Gasteiger partial charge on any atom is 0.261 e. The van der Waals surface area contributed by atoms with Crippen LogP contribution in [-0.2, 0) is 0 Å². The molecule has 1 N–H and O–H groups in total. The van der Waals surface area contributed by atoms with Crippen LogP contribution in [0.4, 0.5) is 10.1 Å². The second kappa shape index (κ2) is 7.64. The molecule has 31 heavy (non-hydrogen) atoms. The zero-order valence-electron chi connectivity index (χ0n) is 16.1. The molecule has 1 amide bonds. The first-order valence-electron chi connectivity index (χ1n) is 9.26. The molecule has 3 aromatic heterocycles. The van der Waals surface area contributed by atoms with Gasteiger partial charge in [-0.1, -0.05) is 35.0 Å². The van der Waals surface area contributed by atoms with Gasteiger partial charge in [0.05, 0.1) is 16.3 Å². The molecule has 0 aliphatic heterocycles. The molecule has 0 aliphatic carbocycles. The number of halogens is 2. The minimum absolute atomic E-state index is 0.0289. The molecule has 0 saturated carbocycles. The minimum atomic E-state index is -0.584. The van der Waals surface area contributed by atoms with Crippen molar-refractivity contribution in [2.24, 2.45) is 0 Å². The molecule has 0 spiro atoms. The third-order valence-corrected chi connectivity index (χ3v) is 5.91. The summed E-state index contributed by atoms with van der Waals surface area (Å²) >= 11 is 7.71. The van der Waals surface area contributed by atoms with Crippen LogP contribution in [0.25, 0.3) is 27.5 Å². The molecule has 0 bridgehead atoms. The number of nitrogens with zero attached hydrogens (tertiary/aromatic N) is 3. The Labute approximate surface area is 184 Å². The first kappa shape index (κ1) is 19.5. The summed E-state index contributed by atoms with van der Waals surface area (Å²) < 4.78 is 21.5. The standard InChI is InChI=1S/C22H14ClFN4O2S/c1-12-18(20(27-30-12)19-15(23)3-2-4-16(19)24)21(29)25-14-7-5-13(6-8-14)17-11-28-9-10-31-22(28)26-17/h2-11H,1H3,(H,25,29). The monoisotopic (exact) mass is 452 g/mol. The normalized spacial score (nSPS) is 11.2. The van der Waals surface area contributed by atoms with Gasteiger partial charge in [0.15, 0.2) is 4.96 Å². The number of carbonyl (C=O) groups is 1. The number of rotatable bonds is 4. The van der Waals surface area contributed by atoms with E-state index in [1.54, 1.807) is 30.4 Å². The van der Waals surface area contributed by atoms with Crippen LogP contribution >= 0.6 is 22.9 Å². The van der Waals surface area contributed by atoms with Gasteiger partial charge in [-0.2, -0.15) is 0 Å². The lowest BCUT2D eigenvalue weighted by Gasteiger charge is -2.08. The van der Waals surface area contributed by atoms with E-state index in [-0.39, 0.29) is 27.6 Å². The quantitative estimate of drug-likeness (QED) is 0.359. The van der Waals surface area contributed by atoms with Crippen molar-refractivity contribution in [3.8, 4) is 22.5 Å². The predicted octanol–water partition coefficient (Wildman–Crippen LogP) is 6.07. The maximum atomic E-state index is 14.4. The average molecular weight is 453 g/mol. The van der Waals surface area contributed by atoms with Gasteiger partial charge in [0.1, 0.15) is 22.8 Å². The van der Waals surface area contributed by atoms with Crippen LogP contribution in [0, 0.1) is 12.7 Å². The molecule has 9 heteroatoms. The van der Waals surface area contributed by atoms with E-state index in [9.17, 15) is 9.18 Å². The van der Waals surface area contributed by atoms with Gasteiger partial charge in [-0.15, -0.1) is 11.3 Å². The fourth-order valence-corrected chi connectivity index (χ4v) is 4.27. The summed E-state index contributed by atoms with van der Waals surface area (Å²) in [7, 11) is 0. The molecule has 0 saturated heterocycles. The van der Waals surface area contributed by atoms with Gasteiger partial charge < -0.3 is 9.84 Å². The van der Waals surface area contributed by atoms with Crippen molar-refractivity contribution in [1.29, 1.82) is 0 Å². The number of anilines is 1. The van der Waals surface area contributed by atoms with E-state index in [0.717, 1.165) is 16.2 Å². The van der Waals surface area contributed by atoms with Gasteiger partial charge in [-0.05, 0) is 31.2 Å². The zero-order chi connectivity index (χ0) is 21.5. The van der Waals surface area contributed by atoms with Crippen molar-refractivity contribution in [2.45, 2.75) is 6.92 Å². The van der Waals surface area contributed by atoms with Gasteiger partial charge >= 0.3 is 0 Å². The van der Waals surface area contributed by atoms with Crippen LogP contribution in [-0.4, -0.2) is 20.4 Å². The second-order valence-corrected chi connectivity index (χ2v) is 8.09. The van der Waals surface area contributed by atoms with Crippen LogP contribution < -0.4 is 5.32 Å². The Hall–Kier alpha value is -3.49. The van der Waals surface area contributed by atoms with E-state index in [1.807, 2.05) is 34.3 Å². The van der Waals surface area contributed by atoms with Crippen molar-refractivity contribution in [2.75, 3.05) is 5.32 Å². The van der Waals surface area contributed by atoms with Crippen LogP contribution in [0.2, 0.25) is 5.02 Å². The lowest BCUT2D eigenvalue weighted by atomic mass is 10.0. The smallest absolute Gasteiger partial charge is 0.261 e. The van der Waals surface area contributed by atoms with Crippen LogP contribution in [0.15, 0.2) is 64.8 Å². The van der Waals surface area contributed by atoms with Crippen molar-refractivity contribution < 1.29 is 13.7 Å². The Balaban J connectivity index is 1.42. The Kier molecular flexibility index (Phi) is 4.80. The lowest BCUT2D eigenvalue weighted by Crippen LogP contribution is -2.13. The molecule has 0 aliphatic rings. The number of nitrogens with one attached hydrogen (secondary N) is 1. The first-order valence-corrected chi connectivity index (χ1v) is 10.5. The fraction of sp³-hybridized carbons (Fsp3) is 0.0455. The van der Waals surface area contributed by atoms with Gasteiger partial charge in [0.2, 0.25) is 0 Å². The molecule has 2 aromatic carbocycles. The number of benzene rings is 2. The molecule has 0 unspecified atom stereocenters. The van der Waals surface area contributed by atoms with Crippen LogP contribution in [0.3, 0.4) is 0 Å². The maximum absolute atomic E-state index is 14.4. The van der Waals surface area contributed by atoms with Crippen molar-refractivity contribution in [3.05, 3.63) is 82.4 Å². The number of hydrogen-bond acceptors (Lipinski definition) is 5. The second-order valence-electron chi connectivity index (χ2n) is 6.81. The number of hydrogen-bond donors (Lipinski definition) is 1. The Morgan fingerprint density at radius 2 is 2.03 bits per heavy atom. The number of imidazole rings is 1. The van der Waals surface area contributed by atoms with Crippen LogP contribution in [0.5, 0.6) is 0 Å². The number of aromatic nitrogens is 3. The number of fused-ring (bicyclic) bond motifs is 1. The van der Waals surface area contributed by atoms with E-state index >= 15 is 0 Å². The molecule has 0 atom stereocenters. The van der Waals surface area contributed by atoms with E-state index in [1.165, 1.54) is 18.2 Å². The zero-order valence-corrected chi connectivity index (χ0v) is 17.7. The summed E-state index contributed by atoms with van der Waals surface area (Å²) in [6, 6.07) is 11.6. The topological polar surface area (TPSA) is 72.4 Å². The summed E-state index contributed by atoms with van der Waals surface area (Å²) in [6.45, 7) is 1.59. The van der Waals surface area contributed by atoms with E-state index in [0.29, 0.717) is 5.69 Å². The molecular formula is C22H14ClFN4O2S. The summed E-state index contributed by atoms with van der Waals surface area (Å²) in [5.74, 6) is -0.788. The molecule has 0 fully saturated rings. The summed E-state index contributed by atoms with van der Waals surface area (Å²) in [4.78, 5) is 18.4. The average Bonchev–Trinajstić information content (AvgIpc) is 3.43. The number of amides is 1. The highest BCUT2D eigenvalue weighted by Crippen LogP contribution is 2.34. The molecule has 0 radical (unpaired) electrons. The third kappa shape index (κ3) is 3.49. The van der Waals surface area contributed by atoms with Crippen molar-refractivity contribution >= 4 is 39.5 Å². The van der Waals surface area contributed by atoms with E-state index < -0.39 is 11.7 Å². The fourth-order valence-electron chi connectivity index (χ4n) is 3.32. The van der Waals surface area contributed by atoms with Crippen LogP contribution in [0.1, 0.15) is 16.1 Å². The molecule has 5 aromatic rings. The molecule has 6 nitrogen and oxygen atoms in total. The largest absolute Gasteiger partial charge is 0.360 e. The number of aryl methyl sites for hydroxylation is 1. The molecule has 5 rings (SSSR count).